The van der Waals surface area contributed by atoms with Crippen molar-refractivity contribution in [3.63, 3.8) is 0 Å². The van der Waals surface area contributed by atoms with Crippen molar-refractivity contribution >= 4 is 45.2 Å². The van der Waals surface area contributed by atoms with E-state index >= 15 is 0 Å². The summed E-state index contributed by atoms with van der Waals surface area (Å²) < 4.78 is 0. The minimum absolute atomic E-state index is 0. The van der Waals surface area contributed by atoms with Gasteiger partial charge in [0.05, 0.1) is 0 Å². The third kappa shape index (κ3) is 7.05. The van der Waals surface area contributed by atoms with E-state index in [0.717, 1.165) is 0 Å². The van der Waals surface area contributed by atoms with E-state index in [2.05, 4.69) is 188 Å². The Kier molecular flexibility index (Phi) is 11.2. The van der Waals surface area contributed by atoms with Crippen LogP contribution in [0.4, 0.5) is 0 Å². The van der Waals surface area contributed by atoms with E-state index in [-0.39, 0.29) is 51.5 Å². The summed E-state index contributed by atoms with van der Waals surface area (Å²) >= 11 is 0. The van der Waals surface area contributed by atoms with Crippen LogP contribution in [0.3, 0.4) is 0 Å². The fraction of sp³-hybridized carbons (Fsp3) is 0.191. The molecular weight excluding hydrogens is 771 g/mol. The van der Waals surface area contributed by atoms with E-state index in [9.17, 15) is 0 Å². The van der Waals surface area contributed by atoms with Gasteiger partial charge >= 0.3 is 25.8 Å². The summed E-state index contributed by atoms with van der Waals surface area (Å²) in [6.45, 7) is 16.3. The summed E-state index contributed by atoms with van der Waals surface area (Å²) in [5, 5.41) is 9.67. The van der Waals surface area contributed by atoms with Crippen molar-refractivity contribution in [2.45, 2.75) is 58.9 Å². The van der Waals surface area contributed by atoms with Crippen molar-refractivity contribution in [1.29, 1.82) is 0 Å². The maximum Gasteiger partial charge on any atom is 4.00 e. The predicted molar refractivity (Wildman–Crippen MR) is 217 cm³/mol. The van der Waals surface area contributed by atoms with Gasteiger partial charge in [0.25, 0.3) is 0 Å². The molecule has 7 rings (SSSR count). The van der Waals surface area contributed by atoms with Crippen molar-refractivity contribution in [3.05, 3.63) is 166 Å². The summed E-state index contributed by atoms with van der Waals surface area (Å²) in [7, 11) is -2.37. The maximum absolute atomic E-state index is 2.55. The van der Waals surface area contributed by atoms with Crippen LogP contribution in [-0.2, 0) is 36.7 Å². The zero-order chi connectivity index (χ0) is 32.3. The van der Waals surface area contributed by atoms with Gasteiger partial charge in [-0.05, 0) is 33.1 Å². The minimum atomic E-state index is -2.37. The average Bonchev–Trinajstić information content (AvgIpc) is 3.70. The Balaban J connectivity index is 0.00000180. The third-order valence-electron chi connectivity index (χ3n) is 10.1. The molecule has 0 bridgehead atoms. The van der Waals surface area contributed by atoms with Crippen LogP contribution in [0.25, 0.3) is 43.8 Å². The van der Waals surface area contributed by atoms with E-state index in [4.69, 9.17) is 0 Å². The van der Waals surface area contributed by atoms with Gasteiger partial charge in [-0.1, -0.05) is 155 Å². The fourth-order valence-corrected chi connectivity index (χ4v) is 10.7. The minimum Gasteiger partial charge on any atom is -0.358 e. The molecule has 0 fully saturated rings. The molecule has 0 N–H and O–H groups in total. The molecule has 0 aliphatic rings. The Morgan fingerprint density at radius 2 is 0.878 bits per heavy atom. The Bertz CT molecular complexity index is 2040. The molecule has 0 saturated heterocycles. The maximum atomic E-state index is 2.55. The number of rotatable bonds is 5. The van der Waals surface area contributed by atoms with Crippen LogP contribution in [0.2, 0.25) is 6.55 Å². The molecule has 0 spiro atoms. The van der Waals surface area contributed by atoms with Crippen LogP contribution in [0.15, 0.2) is 140 Å². The Labute approximate surface area is 315 Å². The van der Waals surface area contributed by atoms with Gasteiger partial charge < -0.3 is 14.9 Å². The first-order chi connectivity index (χ1) is 21.9. The molecule has 7 aromatic rings. The molecule has 0 aliphatic heterocycles. The number of fused-ring (bicyclic) bond motifs is 2. The second kappa shape index (κ2) is 14.3. The van der Waals surface area contributed by atoms with E-state index in [0.29, 0.717) is 0 Å². The monoisotopic (exact) mass is 822 g/mol. The molecule has 0 amide bonds. The Morgan fingerprint density at radius 3 is 1.29 bits per heavy atom. The predicted octanol–water partition coefficient (Wildman–Crippen LogP) is 11.4. The molecule has 7 aromatic carbocycles. The zero-order valence-electron chi connectivity index (χ0n) is 30.8. The molecule has 0 radical (unpaired) electrons. The number of hydrogen-bond acceptors (Lipinski definition) is 0. The van der Waals surface area contributed by atoms with Gasteiger partial charge in [0.1, 0.15) is 8.07 Å². The largest absolute Gasteiger partial charge is 4.00 e. The molecule has 246 valence electrons. The molecule has 2 heteroatoms. The number of benzene rings is 5. The first-order valence-corrected chi connectivity index (χ1v) is 19.1. The zero-order valence-corrected chi connectivity index (χ0v) is 35.4. The van der Waals surface area contributed by atoms with Crippen LogP contribution in [0.5, 0.6) is 0 Å². The second-order valence-electron chi connectivity index (χ2n) is 15.3. The SMILES string of the molecule is CC(C)(C)c1cccc(-c2cccc3[cH-]c([Si](C)(c4ccccc4)c4cc5c(-c6cccc(C(C)(C)C)c6)cccc5[cH-]4)cc23)c1.[CH3-].[CH3-].[Hf+4]. The van der Waals surface area contributed by atoms with Crippen molar-refractivity contribution < 1.29 is 25.8 Å². The molecule has 49 heavy (non-hydrogen) atoms. The fourth-order valence-electron chi connectivity index (χ4n) is 7.13. The third-order valence-corrected chi connectivity index (χ3v) is 14.5. The van der Waals surface area contributed by atoms with Crippen LogP contribution in [0, 0.1) is 14.9 Å². The number of hydrogen-bond donors (Lipinski definition) is 0. The van der Waals surface area contributed by atoms with Gasteiger partial charge in [0, 0.05) is 0 Å². The average molecular weight is 821 g/mol. The molecule has 0 saturated carbocycles. The summed E-state index contributed by atoms with van der Waals surface area (Å²) in [6.07, 6.45) is 0. The Morgan fingerprint density at radius 1 is 0.469 bits per heavy atom. The summed E-state index contributed by atoms with van der Waals surface area (Å²) in [5.41, 5.74) is 8.15. The molecule has 0 atom stereocenters. The van der Waals surface area contributed by atoms with Gasteiger partial charge in [-0.2, -0.15) is 12.1 Å². The summed E-state index contributed by atoms with van der Waals surface area (Å²) in [6, 6.07) is 53.1. The molecule has 0 aliphatic carbocycles. The van der Waals surface area contributed by atoms with Crippen molar-refractivity contribution in [2.24, 2.45) is 0 Å². The van der Waals surface area contributed by atoms with E-state index < -0.39 is 8.07 Å². The van der Waals surface area contributed by atoms with Crippen molar-refractivity contribution in [1.82, 2.24) is 0 Å². The van der Waals surface area contributed by atoms with Gasteiger partial charge in [-0.15, -0.1) is 68.3 Å². The molecular formula is C47H50HfSi. The molecule has 0 heterocycles. The normalized spacial score (nSPS) is 11.9. The van der Waals surface area contributed by atoms with Gasteiger partial charge in [-0.3, -0.25) is 0 Å². The second-order valence-corrected chi connectivity index (χ2v) is 19.2. The van der Waals surface area contributed by atoms with Crippen molar-refractivity contribution in [2.75, 3.05) is 0 Å². The Hall–Kier alpha value is -3.59. The quantitative estimate of drug-likeness (QED) is 0.120. The van der Waals surface area contributed by atoms with Crippen LogP contribution in [-0.4, -0.2) is 8.07 Å². The van der Waals surface area contributed by atoms with Crippen molar-refractivity contribution in [3.8, 4) is 22.3 Å². The van der Waals surface area contributed by atoms with Gasteiger partial charge in [0.2, 0.25) is 0 Å². The molecule has 0 unspecified atom stereocenters. The van der Waals surface area contributed by atoms with E-state index in [1.807, 2.05) is 0 Å². The van der Waals surface area contributed by atoms with Crippen LogP contribution >= 0.6 is 0 Å². The van der Waals surface area contributed by atoms with E-state index in [1.54, 1.807) is 0 Å². The first-order valence-electron chi connectivity index (χ1n) is 16.6. The topological polar surface area (TPSA) is 0 Å². The van der Waals surface area contributed by atoms with Gasteiger partial charge in [0.15, 0.2) is 0 Å². The summed E-state index contributed by atoms with van der Waals surface area (Å²) in [5.74, 6) is 0. The van der Waals surface area contributed by atoms with Gasteiger partial charge in [-0.25, -0.2) is 0 Å². The standard InChI is InChI=1S/C45H44Si.2CH3.Hf/c1-44(2,3)35-19-11-15-31(25-35)40-23-13-17-33-27-38(29-42(33)40)46(7,37-21-9-8-10-22-37)39-28-34-18-14-24-41(43(34)30-39)32-16-12-20-36(26-32)45(4,5)6;;;/h8-30H,1-7H3;2*1H3;/q-2;2*-1;+4. The molecule has 0 aromatic heterocycles. The first kappa shape index (κ1) is 38.2. The smallest absolute Gasteiger partial charge is 0.358 e. The van der Waals surface area contributed by atoms with Crippen LogP contribution in [0.1, 0.15) is 52.7 Å². The summed E-state index contributed by atoms with van der Waals surface area (Å²) in [4.78, 5) is 0. The molecule has 0 nitrogen and oxygen atoms in total. The van der Waals surface area contributed by atoms with Crippen LogP contribution < -0.4 is 15.6 Å². The van der Waals surface area contributed by atoms with E-state index in [1.165, 1.54) is 70.5 Å².